The molecule has 9 heteroatoms. The number of carbonyl (C=O) groups is 3. The first kappa shape index (κ1) is 22.0. The fourth-order valence-corrected chi connectivity index (χ4v) is 3.31. The number of aliphatic hydroxyl groups is 1. The molecular weight excluding hydrogens is 362 g/mol. The minimum absolute atomic E-state index is 0.0761. The first-order chi connectivity index (χ1) is 13.3. The lowest BCUT2D eigenvalue weighted by Gasteiger charge is -2.27. The summed E-state index contributed by atoms with van der Waals surface area (Å²) in [5, 5.41) is 12.8. The van der Waals surface area contributed by atoms with Gasteiger partial charge in [-0.15, -0.1) is 0 Å². The molecule has 1 heterocycles. The zero-order chi connectivity index (χ0) is 20.7. The fourth-order valence-electron chi connectivity index (χ4n) is 3.31. The molecule has 8 N–H and O–H groups in total. The summed E-state index contributed by atoms with van der Waals surface area (Å²) in [5.74, 6) is -0.996. The number of nitrogens with zero attached hydrogens (tertiary/aromatic N) is 1. The lowest BCUT2D eigenvalue weighted by molar-refractivity contribution is -0.139. The third-order valence-corrected chi connectivity index (χ3v) is 4.71. The van der Waals surface area contributed by atoms with Gasteiger partial charge in [-0.25, -0.2) is 0 Å². The molecule has 1 aromatic rings. The highest BCUT2D eigenvalue weighted by Crippen LogP contribution is 2.26. The molecule has 1 unspecified atom stereocenters. The van der Waals surface area contributed by atoms with Gasteiger partial charge in [0.25, 0.3) is 0 Å². The van der Waals surface area contributed by atoms with Crippen LogP contribution in [0.3, 0.4) is 0 Å². The normalized spacial score (nSPS) is 20.2. The number of nitrogens with two attached hydrogens (primary N) is 3. The first-order valence-electron chi connectivity index (χ1n) is 9.40. The fraction of sp³-hybridized carbons (Fsp3) is 0.526. The van der Waals surface area contributed by atoms with E-state index in [4.69, 9.17) is 17.2 Å². The van der Waals surface area contributed by atoms with Gasteiger partial charge in [-0.05, 0) is 12.0 Å². The molecule has 0 spiro atoms. The molecule has 0 bridgehead atoms. The average Bonchev–Trinajstić information content (AvgIpc) is 3.06. The van der Waals surface area contributed by atoms with Gasteiger partial charge in [0.05, 0.1) is 18.3 Å². The largest absolute Gasteiger partial charge is 0.391 e. The molecule has 0 radical (unpaired) electrons. The molecule has 3 atom stereocenters. The van der Waals surface area contributed by atoms with Gasteiger partial charge in [0.15, 0.2) is 5.78 Å². The van der Waals surface area contributed by atoms with E-state index in [0.29, 0.717) is 5.56 Å². The number of carbonyl (C=O) groups excluding carboxylic acids is 3. The van der Waals surface area contributed by atoms with E-state index in [1.54, 1.807) is 30.3 Å². The summed E-state index contributed by atoms with van der Waals surface area (Å²) in [4.78, 5) is 39.3. The molecule has 1 aromatic carbocycles. The number of β-amino-alcohol motifs (C(OH)–C–C–N with tert-alkyl or cyclic N) is 1. The third-order valence-electron chi connectivity index (χ3n) is 4.71. The lowest BCUT2D eigenvalue weighted by Crippen LogP contribution is -2.47. The van der Waals surface area contributed by atoms with Crippen LogP contribution >= 0.6 is 0 Å². The van der Waals surface area contributed by atoms with Crippen molar-refractivity contribution >= 4 is 17.6 Å². The zero-order valence-corrected chi connectivity index (χ0v) is 15.8. The Hall–Kier alpha value is -2.33. The van der Waals surface area contributed by atoms with Gasteiger partial charge in [-0.1, -0.05) is 30.3 Å². The Morgan fingerprint density at radius 1 is 1.18 bits per heavy atom. The van der Waals surface area contributed by atoms with Crippen molar-refractivity contribution in [3.63, 3.8) is 0 Å². The molecule has 1 fully saturated rings. The molecule has 1 aliphatic heterocycles. The number of Topliss-reactive ketones (excluding diaryl/α,β-unsaturated/α-hetero) is 1. The Labute approximate surface area is 164 Å². The quantitative estimate of drug-likeness (QED) is 0.328. The lowest BCUT2D eigenvalue weighted by atomic mass is 9.95. The number of nitrogens with one attached hydrogen (secondary N) is 1. The van der Waals surface area contributed by atoms with E-state index in [2.05, 4.69) is 5.32 Å². The summed E-state index contributed by atoms with van der Waals surface area (Å²) >= 11 is 0. The molecule has 1 saturated heterocycles. The second-order valence-corrected chi connectivity index (χ2v) is 7.01. The van der Waals surface area contributed by atoms with E-state index >= 15 is 0 Å². The maximum Gasteiger partial charge on any atom is 0.224 e. The number of amides is 2. The predicted octanol–water partition coefficient (Wildman–Crippen LogP) is -1.25. The van der Waals surface area contributed by atoms with Crippen LogP contribution in [0.4, 0.5) is 0 Å². The molecular formula is C19H29N5O4. The molecule has 2 amide bonds. The Morgan fingerprint density at radius 3 is 2.46 bits per heavy atom. The number of hydrogen-bond donors (Lipinski definition) is 5. The van der Waals surface area contributed by atoms with Crippen LogP contribution in [-0.2, 0) is 14.4 Å². The van der Waals surface area contributed by atoms with Crippen LogP contribution in [0.25, 0.3) is 0 Å². The molecule has 28 heavy (non-hydrogen) atoms. The SMILES string of the molecule is NCCC(=O)N1C[C@H](O)C[C@H]1C(=O)C(NC(=O)CCC(N)N)c1ccccc1. The van der Waals surface area contributed by atoms with Gasteiger partial charge in [0.1, 0.15) is 6.04 Å². The van der Waals surface area contributed by atoms with Crippen molar-refractivity contribution in [2.45, 2.75) is 50.0 Å². The minimum atomic E-state index is -0.939. The summed E-state index contributed by atoms with van der Waals surface area (Å²) in [6.45, 7) is 0.233. The monoisotopic (exact) mass is 391 g/mol. The Bertz CT molecular complexity index is 682. The first-order valence-corrected chi connectivity index (χ1v) is 9.40. The topological polar surface area (TPSA) is 165 Å². The maximum atomic E-state index is 13.3. The number of benzene rings is 1. The number of rotatable bonds is 9. The second kappa shape index (κ2) is 10.3. The Kier molecular flexibility index (Phi) is 8.06. The van der Waals surface area contributed by atoms with Crippen LogP contribution in [0.2, 0.25) is 0 Å². The second-order valence-electron chi connectivity index (χ2n) is 7.01. The van der Waals surface area contributed by atoms with Gasteiger partial charge in [0.2, 0.25) is 11.8 Å². The van der Waals surface area contributed by atoms with E-state index in [1.165, 1.54) is 4.90 Å². The van der Waals surface area contributed by atoms with Crippen LogP contribution in [0.5, 0.6) is 0 Å². The van der Waals surface area contributed by atoms with Gasteiger partial charge < -0.3 is 32.5 Å². The number of hydrogen-bond acceptors (Lipinski definition) is 7. The minimum Gasteiger partial charge on any atom is -0.391 e. The summed E-state index contributed by atoms with van der Waals surface area (Å²) in [6, 6.07) is 7.03. The summed E-state index contributed by atoms with van der Waals surface area (Å²) < 4.78 is 0. The van der Waals surface area contributed by atoms with Crippen molar-refractivity contribution in [1.29, 1.82) is 0 Å². The van der Waals surface area contributed by atoms with E-state index in [9.17, 15) is 19.5 Å². The van der Waals surface area contributed by atoms with Crippen LogP contribution in [0.1, 0.15) is 37.3 Å². The highest BCUT2D eigenvalue weighted by atomic mass is 16.3. The molecule has 1 aliphatic rings. The van der Waals surface area contributed by atoms with E-state index < -0.39 is 24.4 Å². The molecule has 2 rings (SSSR count). The highest BCUT2D eigenvalue weighted by Gasteiger charge is 2.41. The number of likely N-dealkylation sites (tertiary alicyclic amines) is 1. The van der Waals surface area contributed by atoms with Crippen LogP contribution in [0, 0.1) is 0 Å². The van der Waals surface area contributed by atoms with Crippen molar-refractivity contribution in [3.8, 4) is 0 Å². The van der Waals surface area contributed by atoms with Crippen molar-refractivity contribution < 1.29 is 19.5 Å². The van der Waals surface area contributed by atoms with Crippen molar-refractivity contribution in [2.75, 3.05) is 13.1 Å². The predicted molar refractivity (Wildman–Crippen MR) is 104 cm³/mol. The average molecular weight is 391 g/mol. The number of aliphatic hydroxyl groups excluding tert-OH is 1. The zero-order valence-electron chi connectivity index (χ0n) is 15.8. The summed E-state index contributed by atoms with van der Waals surface area (Å²) in [6.07, 6.45) is -0.832. The summed E-state index contributed by atoms with van der Waals surface area (Å²) in [5.41, 5.74) is 17.0. The smallest absolute Gasteiger partial charge is 0.224 e. The molecule has 9 nitrogen and oxygen atoms in total. The standard InChI is InChI=1S/C19H29N5O4/c20-9-8-17(27)24-11-13(25)10-14(24)19(28)18(12-4-2-1-3-5-12)23-16(26)7-6-15(21)22/h1-5,13-15,18,25H,6-11,20-22H2,(H,23,26)/t13-,14+,18?/m1/s1. The molecule has 0 saturated carbocycles. The summed E-state index contributed by atoms with van der Waals surface area (Å²) in [7, 11) is 0. The van der Waals surface area contributed by atoms with Crippen molar-refractivity contribution in [2.24, 2.45) is 17.2 Å². The Balaban J connectivity index is 2.22. The van der Waals surface area contributed by atoms with Gasteiger partial charge in [-0.2, -0.15) is 0 Å². The molecule has 154 valence electrons. The van der Waals surface area contributed by atoms with Crippen molar-refractivity contribution in [3.05, 3.63) is 35.9 Å². The van der Waals surface area contributed by atoms with Crippen LogP contribution < -0.4 is 22.5 Å². The van der Waals surface area contributed by atoms with Crippen LogP contribution in [-0.4, -0.2) is 59.0 Å². The number of ketones is 1. The molecule has 0 aromatic heterocycles. The van der Waals surface area contributed by atoms with E-state index in [1.807, 2.05) is 0 Å². The van der Waals surface area contributed by atoms with Crippen LogP contribution in [0.15, 0.2) is 30.3 Å². The maximum absolute atomic E-state index is 13.3. The molecule has 0 aliphatic carbocycles. The van der Waals surface area contributed by atoms with Gasteiger partial charge in [-0.3, -0.25) is 14.4 Å². The van der Waals surface area contributed by atoms with Crippen molar-refractivity contribution in [1.82, 2.24) is 10.2 Å². The van der Waals surface area contributed by atoms with Gasteiger partial charge >= 0.3 is 0 Å². The van der Waals surface area contributed by atoms with E-state index in [0.717, 1.165) is 0 Å². The van der Waals surface area contributed by atoms with Gasteiger partial charge in [0, 0.05) is 32.4 Å². The third kappa shape index (κ3) is 5.83. The Morgan fingerprint density at radius 2 is 1.86 bits per heavy atom. The van der Waals surface area contributed by atoms with E-state index in [-0.39, 0.29) is 56.4 Å². The highest BCUT2D eigenvalue weighted by molar-refractivity contribution is 5.96.